The minimum Gasteiger partial charge on any atom is -0.274 e. The van der Waals surface area contributed by atoms with Crippen LogP contribution in [-0.4, -0.2) is 35.5 Å². The molecular weight excluding hydrogens is 328 g/mol. The predicted molar refractivity (Wildman–Crippen MR) is 95.6 cm³/mol. The van der Waals surface area contributed by atoms with Crippen LogP contribution < -0.4 is 0 Å². The molecule has 122 valence electrons. The molecule has 0 saturated carbocycles. The first-order chi connectivity index (χ1) is 10.9. The second-order valence-electron chi connectivity index (χ2n) is 6.48. The number of aromatic amines is 1. The number of aromatic nitrogens is 6. The van der Waals surface area contributed by atoms with Crippen LogP contribution in [0.2, 0.25) is 0 Å². The molecule has 0 spiro atoms. The van der Waals surface area contributed by atoms with Crippen molar-refractivity contribution in [1.29, 1.82) is 0 Å². The number of thioether (sulfide) groups is 1. The van der Waals surface area contributed by atoms with Crippen LogP contribution in [0.3, 0.4) is 0 Å². The van der Waals surface area contributed by atoms with Crippen molar-refractivity contribution in [3.8, 4) is 0 Å². The highest BCUT2D eigenvalue weighted by atomic mass is 32.2. The third-order valence-corrected chi connectivity index (χ3v) is 5.01. The standard InChI is InChI=1S/C15H20N6S2/c1-5-6-7-23-13-9-11(16-8-17-13)20-21-12(9)19-18-10(14(21)22)15(2,3)4/h8H,5-7H2,1-4H3,(H,16,17,20). The molecule has 23 heavy (non-hydrogen) atoms. The molecule has 8 heteroatoms. The number of fused-ring (bicyclic) bond motifs is 3. The lowest BCUT2D eigenvalue weighted by atomic mass is 9.93. The zero-order chi connectivity index (χ0) is 16.6. The Bertz CT molecular complexity index is 906. The van der Waals surface area contributed by atoms with Gasteiger partial charge in [0.05, 0.1) is 5.39 Å². The van der Waals surface area contributed by atoms with E-state index in [4.69, 9.17) is 12.2 Å². The summed E-state index contributed by atoms with van der Waals surface area (Å²) in [7, 11) is 0. The van der Waals surface area contributed by atoms with E-state index in [0.29, 0.717) is 10.3 Å². The Hall–Kier alpha value is -1.54. The minimum absolute atomic E-state index is 0.160. The fourth-order valence-electron chi connectivity index (χ4n) is 2.31. The molecule has 6 nitrogen and oxygen atoms in total. The number of nitrogens with one attached hydrogen (secondary N) is 1. The highest BCUT2D eigenvalue weighted by Gasteiger charge is 2.22. The number of rotatable bonds is 4. The van der Waals surface area contributed by atoms with Crippen molar-refractivity contribution < 1.29 is 0 Å². The van der Waals surface area contributed by atoms with Gasteiger partial charge in [-0.1, -0.05) is 46.3 Å². The predicted octanol–water partition coefficient (Wildman–Crippen LogP) is 3.92. The van der Waals surface area contributed by atoms with E-state index in [1.807, 2.05) is 0 Å². The maximum absolute atomic E-state index is 5.61. The summed E-state index contributed by atoms with van der Waals surface area (Å²) in [5.41, 5.74) is 2.07. The van der Waals surface area contributed by atoms with E-state index in [1.54, 1.807) is 22.6 Å². The third kappa shape index (κ3) is 2.97. The molecule has 0 amide bonds. The highest BCUT2D eigenvalue weighted by Crippen LogP contribution is 2.29. The van der Waals surface area contributed by atoms with Crippen molar-refractivity contribution in [3.05, 3.63) is 16.7 Å². The Morgan fingerprint density at radius 1 is 1.26 bits per heavy atom. The SMILES string of the molecule is CCCCSc1ncnc2[nH]n3c(=S)c(C(C)(C)C)nnc3c12. The molecule has 0 aliphatic carbocycles. The normalized spacial score (nSPS) is 12.3. The van der Waals surface area contributed by atoms with Gasteiger partial charge in [-0.25, -0.2) is 14.5 Å². The number of H-pyrrole nitrogens is 1. The van der Waals surface area contributed by atoms with Gasteiger partial charge >= 0.3 is 0 Å². The van der Waals surface area contributed by atoms with Crippen molar-refractivity contribution in [2.75, 3.05) is 5.75 Å². The second kappa shape index (κ2) is 6.16. The molecule has 1 N–H and O–H groups in total. The minimum atomic E-state index is -0.160. The van der Waals surface area contributed by atoms with Gasteiger partial charge in [-0.2, -0.15) is 0 Å². The van der Waals surface area contributed by atoms with Crippen molar-refractivity contribution in [2.24, 2.45) is 0 Å². The Labute approximate surface area is 144 Å². The van der Waals surface area contributed by atoms with Crippen molar-refractivity contribution >= 4 is 40.7 Å². The fraction of sp³-hybridized carbons (Fsp3) is 0.533. The van der Waals surface area contributed by atoms with Gasteiger partial charge < -0.3 is 0 Å². The van der Waals surface area contributed by atoms with Gasteiger partial charge in [0.15, 0.2) is 15.9 Å². The average Bonchev–Trinajstić information content (AvgIpc) is 2.87. The maximum atomic E-state index is 5.61. The molecule has 0 aliphatic rings. The van der Waals surface area contributed by atoms with Gasteiger partial charge in [0.2, 0.25) is 0 Å². The summed E-state index contributed by atoms with van der Waals surface area (Å²) in [6.45, 7) is 8.41. The van der Waals surface area contributed by atoms with Gasteiger partial charge in [0.1, 0.15) is 17.0 Å². The summed E-state index contributed by atoms with van der Waals surface area (Å²) in [4.78, 5) is 8.74. The quantitative estimate of drug-likeness (QED) is 0.333. The van der Waals surface area contributed by atoms with E-state index in [9.17, 15) is 0 Å². The number of unbranched alkanes of at least 4 members (excludes halogenated alkanes) is 1. The second-order valence-corrected chi connectivity index (χ2v) is 7.95. The van der Waals surface area contributed by atoms with E-state index in [0.717, 1.165) is 40.3 Å². The van der Waals surface area contributed by atoms with Gasteiger partial charge in [-0.3, -0.25) is 5.10 Å². The molecule has 0 unspecified atom stereocenters. The molecule has 0 radical (unpaired) electrons. The molecule has 0 atom stereocenters. The summed E-state index contributed by atoms with van der Waals surface area (Å²) in [5.74, 6) is 1.02. The topological polar surface area (TPSA) is 71.8 Å². The van der Waals surface area contributed by atoms with Gasteiger partial charge in [0, 0.05) is 5.41 Å². The van der Waals surface area contributed by atoms with Crippen LogP contribution in [0.15, 0.2) is 11.4 Å². The lowest BCUT2D eigenvalue weighted by Crippen LogP contribution is -2.17. The lowest BCUT2D eigenvalue weighted by Gasteiger charge is -2.16. The average molecular weight is 349 g/mol. The summed E-state index contributed by atoms with van der Waals surface area (Å²) in [6, 6.07) is 0. The molecule has 0 aliphatic heterocycles. The molecule has 0 aromatic carbocycles. The van der Waals surface area contributed by atoms with Gasteiger partial charge in [0.25, 0.3) is 0 Å². The first-order valence-electron chi connectivity index (χ1n) is 7.69. The third-order valence-electron chi connectivity index (χ3n) is 3.56. The first-order valence-corrected chi connectivity index (χ1v) is 9.08. The summed E-state index contributed by atoms with van der Waals surface area (Å²) < 4.78 is 2.44. The Morgan fingerprint density at radius 3 is 2.74 bits per heavy atom. The van der Waals surface area contributed by atoms with Crippen molar-refractivity contribution in [1.82, 2.24) is 29.8 Å². The van der Waals surface area contributed by atoms with Gasteiger partial charge in [-0.05, 0) is 12.2 Å². The van der Waals surface area contributed by atoms with Crippen LogP contribution in [0.5, 0.6) is 0 Å². The molecule has 0 saturated heterocycles. The Balaban J connectivity index is 2.22. The van der Waals surface area contributed by atoms with E-state index in [-0.39, 0.29) is 5.41 Å². The van der Waals surface area contributed by atoms with E-state index >= 15 is 0 Å². The zero-order valence-corrected chi connectivity index (χ0v) is 15.4. The van der Waals surface area contributed by atoms with Crippen LogP contribution >= 0.6 is 24.0 Å². The summed E-state index contributed by atoms with van der Waals surface area (Å²) >= 11 is 7.33. The van der Waals surface area contributed by atoms with Crippen molar-refractivity contribution in [2.45, 2.75) is 51.0 Å². The molecule has 0 fully saturated rings. The van der Waals surface area contributed by atoms with E-state index in [1.165, 1.54) is 0 Å². The van der Waals surface area contributed by atoms with E-state index in [2.05, 4.69) is 53.0 Å². The summed E-state index contributed by atoms with van der Waals surface area (Å²) in [5, 5.41) is 13.8. The van der Waals surface area contributed by atoms with Crippen LogP contribution in [0.25, 0.3) is 16.7 Å². The van der Waals surface area contributed by atoms with Crippen LogP contribution in [0, 0.1) is 4.64 Å². The number of hydrogen-bond donors (Lipinski definition) is 1. The lowest BCUT2D eigenvalue weighted by molar-refractivity contribution is 0.548. The molecule has 3 aromatic rings. The molecule has 3 aromatic heterocycles. The summed E-state index contributed by atoms with van der Waals surface area (Å²) in [6.07, 6.45) is 3.89. The largest absolute Gasteiger partial charge is 0.274 e. The number of hydrogen-bond acceptors (Lipinski definition) is 6. The van der Waals surface area contributed by atoms with Crippen molar-refractivity contribution in [3.63, 3.8) is 0 Å². The monoisotopic (exact) mass is 348 g/mol. The smallest absolute Gasteiger partial charge is 0.189 e. The highest BCUT2D eigenvalue weighted by molar-refractivity contribution is 7.99. The van der Waals surface area contributed by atoms with Gasteiger partial charge in [-0.15, -0.1) is 22.0 Å². The Morgan fingerprint density at radius 2 is 2.04 bits per heavy atom. The molecule has 0 bridgehead atoms. The number of nitrogens with zero attached hydrogens (tertiary/aromatic N) is 5. The van der Waals surface area contributed by atoms with Crippen LogP contribution in [-0.2, 0) is 5.41 Å². The van der Waals surface area contributed by atoms with Crippen LogP contribution in [0.1, 0.15) is 46.2 Å². The zero-order valence-electron chi connectivity index (χ0n) is 13.8. The fourth-order valence-corrected chi connectivity index (χ4v) is 3.87. The molecule has 3 heterocycles. The van der Waals surface area contributed by atoms with E-state index < -0.39 is 0 Å². The molecule has 3 rings (SSSR count). The first kappa shape index (κ1) is 16.3. The maximum Gasteiger partial charge on any atom is 0.189 e. The van der Waals surface area contributed by atoms with Crippen LogP contribution in [0.4, 0.5) is 0 Å². The molecular formula is C15H20N6S2. The Kier molecular flexibility index (Phi) is 4.37.